The Morgan fingerprint density at radius 2 is 2.19 bits per heavy atom. The Kier molecular flexibility index (Phi) is 4.44. The molecule has 1 unspecified atom stereocenters. The normalized spacial score (nSPS) is 20.5. The van der Waals surface area contributed by atoms with Gasteiger partial charge in [0.25, 0.3) is 0 Å². The van der Waals surface area contributed by atoms with Crippen LogP contribution in [0.4, 0.5) is 5.69 Å². The molecule has 1 saturated carbocycles. The third-order valence-electron chi connectivity index (χ3n) is 4.37. The van der Waals surface area contributed by atoms with Crippen molar-refractivity contribution in [3.05, 3.63) is 29.8 Å². The summed E-state index contributed by atoms with van der Waals surface area (Å²) in [5.74, 6) is 1.03. The molecule has 1 N–H and O–H groups in total. The van der Waals surface area contributed by atoms with Crippen LogP contribution in [0.1, 0.15) is 18.4 Å². The number of benzene rings is 1. The molecule has 1 amide bonds. The van der Waals surface area contributed by atoms with E-state index in [4.69, 9.17) is 4.74 Å². The number of amides is 1. The number of fused-ring (bicyclic) bond motifs is 1. The third-order valence-corrected chi connectivity index (χ3v) is 4.37. The lowest BCUT2D eigenvalue weighted by Crippen LogP contribution is -2.40. The van der Waals surface area contributed by atoms with E-state index in [0.29, 0.717) is 13.2 Å². The van der Waals surface area contributed by atoms with Gasteiger partial charge in [-0.3, -0.25) is 4.79 Å². The van der Waals surface area contributed by atoms with Gasteiger partial charge >= 0.3 is 0 Å². The van der Waals surface area contributed by atoms with Crippen molar-refractivity contribution in [3.63, 3.8) is 0 Å². The standard InChI is InChI=1S/C17H24N2O2/c1-19(8-9-21-12-13-6-7-13)17(20)15-10-14-4-2-3-5-16(14)18-11-15/h2-5,13,15,18H,6-12H2,1H3. The van der Waals surface area contributed by atoms with Crippen molar-refractivity contribution in [1.29, 1.82) is 0 Å². The molecule has 1 aromatic rings. The van der Waals surface area contributed by atoms with Crippen molar-refractivity contribution in [2.75, 3.05) is 38.7 Å². The van der Waals surface area contributed by atoms with Crippen molar-refractivity contribution in [2.24, 2.45) is 11.8 Å². The molecule has 0 spiro atoms. The monoisotopic (exact) mass is 288 g/mol. The van der Waals surface area contributed by atoms with E-state index in [-0.39, 0.29) is 11.8 Å². The smallest absolute Gasteiger partial charge is 0.227 e. The van der Waals surface area contributed by atoms with Gasteiger partial charge in [0.1, 0.15) is 0 Å². The molecule has 1 aliphatic carbocycles. The van der Waals surface area contributed by atoms with Gasteiger partial charge in [-0.2, -0.15) is 0 Å². The number of nitrogens with zero attached hydrogens (tertiary/aromatic N) is 1. The van der Waals surface area contributed by atoms with Crippen LogP contribution in [-0.2, 0) is 16.0 Å². The van der Waals surface area contributed by atoms with E-state index in [1.54, 1.807) is 0 Å². The van der Waals surface area contributed by atoms with Crippen LogP contribution in [0.5, 0.6) is 0 Å². The minimum atomic E-state index is 0.0355. The van der Waals surface area contributed by atoms with Crippen molar-refractivity contribution >= 4 is 11.6 Å². The zero-order valence-corrected chi connectivity index (χ0v) is 12.7. The Morgan fingerprint density at radius 1 is 1.38 bits per heavy atom. The molecule has 4 heteroatoms. The second-order valence-electron chi connectivity index (χ2n) is 6.22. The summed E-state index contributed by atoms with van der Waals surface area (Å²) in [5, 5.41) is 3.36. The molecule has 0 radical (unpaired) electrons. The first-order valence-electron chi connectivity index (χ1n) is 7.88. The molecule has 1 atom stereocenters. The largest absolute Gasteiger partial charge is 0.384 e. The fourth-order valence-electron chi connectivity index (χ4n) is 2.77. The first kappa shape index (κ1) is 14.4. The van der Waals surface area contributed by atoms with E-state index in [9.17, 15) is 4.79 Å². The summed E-state index contributed by atoms with van der Waals surface area (Å²) < 4.78 is 5.61. The van der Waals surface area contributed by atoms with Gasteiger partial charge in [-0.1, -0.05) is 18.2 Å². The number of hydrogen-bond donors (Lipinski definition) is 1. The van der Waals surface area contributed by atoms with Crippen LogP contribution >= 0.6 is 0 Å². The van der Waals surface area contributed by atoms with Gasteiger partial charge < -0.3 is 15.0 Å². The van der Waals surface area contributed by atoms with Crippen molar-refractivity contribution in [3.8, 4) is 0 Å². The van der Waals surface area contributed by atoms with Gasteiger partial charge in [0.15, 0.2) is 0 Å². The van der Waals surface area contributed by atoms with Crippen LogP contribution in [0.15, 0.2) is 24.3 Å². The maximum Gasteiger partial charge on any atom is 0.227 e. The zero-order chi connectivity index (χ0) is 14.7. The maximum atomic E-state index is 12.5. The van der Waals surface area contributed by atoms with Gasteiger partial charge in [-0.25, -0.2) is 0 Å². The van der Waals surface area contributed by atoms with E-state index in [0.717, 1.165) is 31.2 Å². The molecule has 1 heterocycles. The zero-order valence-electron chi connectivity index (χ0n) is 12.7. The van der Waals surface area contributed by atoms with E-state index < -0.39 is 0 Å². The Balaban J connectivity index is 1.46. The molecule has 2 aliphatic rings. The molecule has 21 heavy (non-hydrogen) atoms. The predicted molar refractivity (Wildman–Crippen MR) is 83.3 cm³/mol. The second-order valence-corrected chi connectivity index (χ2v) is 6.22. The highest BCUT2D eigenvalue weighted by Gasteiger charge is 2.26. The van der Waals surface area contributed by atoms with Crippen LogP contribution in [0.25, 0.3) is 0 Å². The number of nitrogens with one attached hydrogen (secondary N) is 1. The van der Waals surface area contributed by atoms with Crippen molar-refractivity contribution < 1.29 is 9.53 Å². The molecule has 0 saturated heterocycles. The quantitative estimate of drug-likeness (QED) is 0.816. The third kappa shape index (κ3) is 3.76. The predicted octanol–water partition coefficient (Wildman–Crippen LogP) is 2.16. The van der Waals surface area contributed by atoms with Gasteiger partial charge in [-0.15, -0.1) is 0 Å². The fraction of sp³-hybridized carbons (Fsp3) is 0.588. The number of rotatable bonds is 6. The van der Waals surface area contributed by atoms with Gasteiger partial charge in [0.05, 0.1) is 12.5 Å². The molecule has 0 bridgehead atoms. The topological polar surface area (TPSA) is 41.6 Å². The van der Waals surface area contributed by atoms with Crippen LogP contribution in [0, 0.1) is 11.8 Å². The summed E-state index contributed by atoms with van der Waals surface area (Å²) in [6.07, 6.45) is 3.44. The molecule has 1 fully saturated rings. The molecule has 1 aromatic carbocycles. The highest BCUT2D eigenvalue weighted by atomic mass is 16.5. The lowest BCUT2D eigenvalue weighted by Gasteiger charge is -2.29. The number of anilines is 1. The second kappa shape index (κ2) is 6.48. The average molecular weight is 288 g/mol. The first-order valence-corrected chi connectivity index (χ1v) is 7.88. The number of likely N-dealkylation sites (N-methyl/N-ethyl adjacent to an activating group) is 1. The highest BCUT2D eigenvalue weighted by molar-refractivity contribution is 5.80. The van der Waals surface area contributed by atoms with Crippen LogP contribution < -0.4 is 5.32 Å². The molecule has 4 nitrogen and oxygen atoms in total. The Morgan fingerprint density at radius 3 is 3.00 bits per heavy atom. The van der Waals surface area contributed by atoms with Crippen LogP contribution in [0.3, 0.4) is 0 Å². The fourth-order valence-corrected chi connectivity index (χ4v) is 2.77. The van der Waals surface area contributed by atoms with Gasteiger partial charge in [-0.05, 0) is 36.8 Å². The lowest BCUT2D eigenvalue weighted by molar-refractivity contribution is -0.134. The SMILES string of the molecule is CN(CCOCC1CC1)C(=O)C1CNc2ccccc2C1. The number of para-hydroxylation sites is 1. The lowest BCUT2D eigenvalue weighted by atomic mass is 9.93. The highest BCUT2D eigenvalue weighted by Crippen LogP contribution is 2.28. The Bertz CT molecular complexity index is 499. The Labute approximate surface area is 126 Å². The maximum absolute atomic E-state index is 12.5. The number of ether oxygens (including phenoxy) is 1. The molecule has 114 valence electrons. The molecular weight excluding hydrogens is 264 g/mol. The van der Waals surface area contributed by atoms with Gasteiger partial charge in [0, 0.05) is 32.4 Å². The Hall–Kier alpha value is -1.55. The molecular formula is C17H24N2O2. The van der Waals surface area contributed by atoms with E-state index in [1.165, 1.54) is 18.4 Å². The van der Waals surface area contributed by atoms with Crippen LogP contribution in [-0.4, -0.2) is 44.2 Å². The molecule has 1 aliphatic heterocycles. The number of carbonyl (C=O) groups is 1. The molecule has 3 rings (SSSR count). The summed E-state index contributed by atoms with van der Waals surface area (Å²) >= 11 is 0. The first-order chi connectivity index (χ1) is 10.2. The summed E-state index contributed by atoms with van der Waals surface area (Å²) in [4.78, 5) is 14.3. The van der Waals surface area contributed by atoms with Crippen molar-refractivity contribution in [1.82, 2.24) is 4.90 Å². The van der Waals surface area contributed by atoms with E-state index in [2.05, 4.69) is 17.4 Å². The van der Waals surface area contributed by atoms with Crippen LogP contribution in [0.2, 0.25) is 0 Å². The average Bonchev–Trinajstić information content (AvgIpc) is 3.34. The minimum absolute atomic E-state index is 0.0355. The summed E-state index contributed by atoms with van der Waals surface area (Å²) in [6.45, 7) is 2.92. The van der Waals surface area contributed by atoms with Gasteiger partial charge in [0.2, 0.25) is 5.91 Å². The van der Waals surface area contributed by atoms with E-state index >= 15 is 0 Å². The van der Waals surface area contributed by atoms with E-state index in [1.807, 2.05) is 24.1 Å². The minimum Gasteiger partial charge on any atom is -0.384 e. The summed E-state index contributed by atoms with van der Waals surface area (Å²) in [6, 6.07) is 8.23. The number of hydrogen-bond acceptors (Lipinski definition) is 3. The molecule has 0 aromatic heterocycles. The summed E-state index contributed by atoms with van der Waals surface area (Å²) in [7, 11) is 1.88. The van der Waals surface area contributed by atoms with Crippen molar-refractivity contribution in [2.45, 2.75) is 19.3 Å². The number of carbonyl (C=O) groups excluding carboxylic acids is 1. The summed E-state index contributed by atoms with van der Waals surface area (Å²) in [5.41, 5.74) is 2.40.